The van der Waals surface area contributed by atoms with E-state index < -0.39 is 10.0 Å². The van der Waals surface area contributed by atoms with Crippen LogP contribution in [0.25, 0.3) is 5.69 Å². The number of carbonyl (C=O) groups excluding carboxylic acids is 1. The number of urea groups is 1. The van der Waals surface area contributed by atoms with Crippen LogP contribution < -0.4 is 10.6 Å². The van der Waals surface area contributed by atoms with Crippen LogP contribution in [0.4, 0.5) is 16.3 Å². The highest BCUT2D eigenvalue weighted by molar-refractivity contribution is 7.89. The van der Waals surface area contributed by atoms with E-state index >= 15 is 0 Å². The van der Waals surface area contributed by atoms with Crippen molar-refractivity contribution in [3.63, 3.8) is 0 Å². The summed E-state index contributed by atoms with van der Waals surface area (Å²) in [5, 5.41) is 11.3. The molecule has 8 nitrogen and oxygen atoms in total. The van der Waals surface area contributed by atoms with Crippen molar-refractivity contribution in [3.05, 3.63) is 99.7 Å². The maximum atomic E-state index is 13.1. The molecule has 0 unspecified atom stereocenters. The maximum Gasteiger partial charge on any atom is 0.324 e. The van der Waals surface area contributed by atoms with Crippen LogP contribution >= 0.6 is 23.2 Å². The number of carbonyl (C=O) groups is 1. The first-order valence-corrected chi connectivity index (χ1v) is 16.8. The largest absolute Gasteiger partial charge is 0.324 e. The number of rotatable bonds is 7. The Labute approximate surface area is 269 Å². The summed E-state index contributed by atoms with van der Waals surface area (Å²) in [4.78, 5) is 13.3. The average molecular weight is 655 g/mol. The van der Waals surface area contributed by atoms with E-state index in [-0.39, 0.29) is 21.4 Å². The number of piperidine rings is 1. The SMILES string of the molecule is Cc1ccc(-n2nc(C(C)(C)C)cc2NC(=O)Nc2cccc(CC3CCN(S(=O)(=O)c4ccc(Cl)c(Cl)c4)CC3)c2)cc1. The van der Waals surface area contributed by atoms with Crippen LogP contribution in [-0.2, 0) is 21.9 Å². The molecule has 4 aromatic rings. The molecule has 2 amide bonds. The van der Waals surface area contributed by atoms with Gasteiger partial charge in [0.05, 0.1) is 26.3 Å². The van der Waals surface area contributed by atoms with Crippen molar-refractivity contribution in [3.8, 4) is 5.69 Å². The van der Waals surface area contributed by atoms with Gasteiger partial charge in [0.1, 0.15) is 5.82 Å². The predicted octanol–water partition coefficient (Wildman–Crippen LogP) is 8.07. The second-order valence-corrected chi connectivity index (χ2v) is 15.1. The molecule has 0 saturated carbocycles. The molecule has 1 fully saturated rings. The molecule has 0 atom stereocenters. The van der Waals surface area contributed by atoms with Crippen molar-refractivity contribution in [2.75, 3.05) is 23.7 Å². The van der Waals surface area contributed by atoms with Crippen LogP contribution in [0, 0.1) is 12.8 Å². The molecule has 1 aliphatic rings. The molecule has 0 spiro atoms. The Kier molecular flexibility index (Phi) is 9.41. The van der Waals surface area contributed by atoms with Crippen molar-refractivity contribution in [2.24, 2.45) is 5.92 Å². The van der Waals surface area contributed by atoms with E-state index in [9.17, 15) is 13.2 Å². The fourth-order valence-corrected chi connectivity index (χ4v) is 7.11. The first kappa shape index (κ1) is 32.0. The van der Waals surface area contributed by atoms with Crippen LogP contribution in [0.15, 0.2) is 77.7 Å². The number of nitrogens with one attached hydrogen (secondary N) is 2. The first-order chi connectivity index (χ1) is 20.8. The van der Waals surface area contributed by atoms with Gasteiger partial charge < -0.3 is 5.32 Å². The molecular formula is C33H37Cl2N5O3S. The first-order valence-electron chi connectivity index (χ1n) is 14.6. The summed E-state index contributed by atoms with van der Waals surface area (Å²) in [5.74, 6) is 0.897. The van der Waals surface area contributed by atoms with E-state index in [4.69, 9.17) is 28.3 Å². The number of halogens is 2. The van der Waals surface area contributed by atoms with Crippen molar-refractivity contribution in [1.82, 2.24) is 14.1 Å². The van der Waals surface area contributed by atoms with Crippen LogP contribution in [0.3, 0.4) is 0 Å². The van der Waals surface area contributed by atoms with E-state index in [0.717, 1.165) is 41.8 Å². The smallest absolute Gasteiger partial charge is 0.308 e. The van der Waals surface area contributed by atoms with E-state index in [2.05, 4.69) is 31.4 Å². The van der Waals surface area contributed by atoms with Gasteiger partial charge in [0.25, 0.3) is 0 Å². The summed E-state index contributed by atoms with van der Waals surface area (Å²) in [6.45, 7) is 9.15. The molecule has 0 bridgehead atoms. The third kappa shape index (κ3) is 7.46. The molecular weight excluding hydrogens is 617 g/mol. The number of nitrogens with zero attached hydrogens (tertiary/aromatic N) is 3. The molecule has 11 heteroatoms. The zero-order valence-electron chi connectivity index (χ0n) is 25.3. The number of amides is 2. The molecule has 3 aromatic carbocycles. The van der Waals surface area contributed by atoms with Gasteiger partial charge in [-0.15, -0.1) is 0 Å². The van der Waals surface area contributed by atoms with Crippen LogP contribution in [-0.4, -0.2) is 41.6 Å². The van der Waals surface area contributed by atoms with Gasteiger partial charge in [-0.05, 0) is 80.1 Å². The van der Waals surface area contributed by atoms with Gasteiger partial charge in [0.2, 0.25) is 10.0 Å². The molecule has 44 heavy (non-hydrogen) atoms. The summed E-state index contributed by atoms with van der Waals surface area (Å²) in [5.41, 5.74) is 4.43. The van der Waals surface area contributed by atoms with E-state index in [1.807, 2.05) is 61.5 Å². The monoisotopic (exact) mass is 653 g/mol. The fourth-order valence-electron chi connectivity index (χ4n) is 5.25. The van der Waals surface area contributed by atoms with E-state index in [1.54, 1.807) is 4.68 Å². The third-order valence-electron chi connectivity index (χ3n) is 7.81. The van der Waals surface area contributed by atoms with Crippen molar-refractivity contribution in [1.29, 1.82) is 0 Å². The highest BCUT2D eigenvalue weighted by atomic mass is 35.5. The fraction of sp³-hybridized carbons (Fsp3) is 0.333. The van der Waals surface area contributed by atoms with Gasteiger partial charge >= 0.3 is 6.03 Å². The predicted molar refractivity (Wildman–Crippen MR) is 178 cm³/mol. The summed E-state index contributed by atoms with van der Waals surface area (Å²) in [7, 11) is -3.64. The summed E-state index contributed by atoms with van der Waals surface area (Å²) < 4.78 is 29.5. The number of benzene rings is 3. The van der Waals surface area contributed by atoms with Gasteiger partial charge in [-0.1, -0.05) is 73.8 Å². The molecule has 1 saturated heterocycles. The van der Waals surface area contributed by atoms with Crippen molar-refractivity contribution >= 4 is 50.8 Å². The number of hydrogen-bond donors (Lipinski definition) is 2. The molecule has 5 rings (SSSR count). The number of aromatic nitrogens is 2. The maximum absolute atomic E-state index is 13.1. The average Bonchev–Trinajstić information content (AvgIpc) is 3.39. The molecule has 2 N–H and O–H groups in total. The number of anilines is 2. The quantitative estimate of drug-likeness (QED) is 0.211. The van der Waals surface area contributed by atoms with Crippen molar-refractivity contribution in [2.45, 2.75) is 57.3 Å². The zero-order valence-corrected chi connectivity index (χ0v) is 27.6. The van der Waals surface area contributed by atoms with Crippen LogP contribution in [0.2, 0.25) is 10.0 Å². The highest BCUT2D eigenvalue weighted by Crippen LogP contribution is 2.31. The molecule has 1 aliphatic heterocycles. The Bertz CT molecular complexity index is 1760. The zero-order chi connectivity index (χ0) is 31.6. The molecule has 1 aromatic heterocycles. The molecule has 232 valence electrons. The minimum Gasteiger partial charge on any atom is -0.308 e. The second-order valence-electron chi connectivity index (χ2n) is 12.3. The lowest BCUT2D eigenvalue weighted by molar-refractivity contribution is 0.262. The Hall–Kier alpha value is -3.37. The molecule has 2 heterocycles. The Morgan fingerprint density at radius 2 is 1.64 bits per heavy atom. The highest BCUT2D eigenvalue weighted by Gasteiger charge is 2.30. The normalized spacial score (nSPS) is 14.9. The third-order valence-corrected chi connectivity index (χ3v) is 10.4. The number of hydrogen-bond acceptors (Lipinski definition) is 4. The number of aryl methyl sites for hydroxylation is 1. The topological polar surface area (TPSA) is 96.3 Å². The van der Waals surface area contributed by atoms with Gasteiger partial charge in [0.15, 0.2) is 0 Å². The van der Waals surface area contributed by atoms with Crippen LogP contribution in [0.5, 0.6) is 0 Å². The van der Waals surface area contributed by atoms with Gasteiger partial charge in [-0.3, -0.25) is 5.32 Å². The molecule has 0 radical (unpaired) electrons. The Morgan fingerprint density at radius 3 is 2.30 bits per heavy atom. The second kappa shape index (κ2) is 12.9. The van der Waals surface area contributed by atoms with Gasteiger partial charge in [-0.2, -0.15) is 9.40 Å². The lowest BCUT2D eigenvalue weighted by Gasteiger charge is -2.31. The van der Waals surface area contributed by atoms with E-state index in [0.29, 0.717) is 35.5 Å². The summed E-state index contributed by atoms with van der Waals surface area (Å²) in [6.07, 6.45) is 2.25. The minimum absolute atomic E-state index is 0.152. The standard InChI is InChI=1S/C33H37Cl2N5O3S/c1-22-8-10-26(11-9-22)40-31(21-30(38-40)33(2,3)4)37-32(41)36-25-7-5-6-24(19-25)18-23-14-16-39(17-15-23)44(42,43)27-12-13-28(34)29(35)20-27/h5-13,19-21,23H,14-18H2,1-4H3,(H2,36,37,41). The van der Waals surface area contributed by atoms with E-state index in [1.165, 1.54) is 22.5 Å². The summed E-state index contributed by atoms with van der Waals surface area (Å²) in [6, 6.07) is 21.7. The lowest BCUT2D eigenvalue weighted by atomic mass is 9.91. The van der Waals surface area contributed by atoms with Crippen molar-refractivity contribution < 1.29 is 13.2 Å². The minimum atomic E-state index is -3.64. The Morgan fingerprint density at radius 1 is 0.932 bits per heavy atom. The number of sulfonamides is 1. The Balaban J connectivity index is 1.21. The van der Waals surface area contributed by atoms with Gasteiger partial charge in [0, 0.05) is 30.3 Å². The lowest BCUT2D eigenvalue weighted by Crippen LogP contribution is -2.38. The van der Waals surface area contributed by atoms with Gasteiger partial charge in [-0.25, -0.2) is 17.9 Å². The van der Waals surface area contributed by atoms with Crippen LogP contribution in [0.1, 0.15) is 50.4 Å². The molecule has 0 aliphatic carbocycles. The summed E-state index contributed by atoms with van der Waals surface area (Å²) >= 11 is 12.0.